The Bertz CT molecular complexity index is 1020. The van der Waals surface area contributed by atoms with E-state index in [9.17, 15) is 5.11 Å². The number of rotatable bonds is 3. The average molecular weight is 426 g/mol. The topological polar surface area (TPSA) is 101 Å². The number of aromatic hydroxyl groups is 1. The number of nitrogens with one attached hydrogen (secondary N) is 1. The van der Waals surface area contributed by atoms with Crippen LogP contribution in [0.2, 0.25) is 0 Å². The van der Waals surface area contributed by atoms with Crippen LogP contribution in [0.1, 0.15) is 17.0 Å². The van der Waals surface area contributed by atoms with Crippen molar-refractivity contribution in [3.05, 3.63) is 70.5 Å². The van der Waals surface area contributed by atoms with Crippen LogP contribution >= 0.6 is 15.9 Å². The van der Waals surface area contributed by atoms with Crippen molar-refractivity contribution in [1.82, 2.24) is 4.98 Å². The molecule has 0 radical (unpaired) electrons. The highest BCUT2D eigenvalue weighted by Gasteiger charge is 2.31. The molecule has 0 bridgehead atoms. The number of hydrogen-bond donors (Lipinski definition) is 3. The number of halogens is 1. The van der Waals surface area contributed by atoms with E-state index in [4.69, 9.17) is 20.6 Å². The zero-order valence-electron chi connectivity index (χ0n) is 14.1. The smallest absolute Gasteiger partial charge is 0.279 e. The van der Waals surface area contributed by atoms with E-state index in [-0.39, 0.29) is 24.3 Å². The van der Waals surface area contributed by atoms with E-state index >= 15 is 0 Å². The van der Waals surface area contributed by atoms with Crippen molar-refractivity contribution < 1.29 is 14.6 Å². The summed E-state index contributed by atoms with van der Waals surface area (Å²) in [6.45, 7) is 0.150. The number of nitrogens with two attached hydrogens (primary N) is 1. The summed E-state index contributed by atoms with van der Waals surface area (Å²) in [6, 6.07) is 12.7. The summed E-state index contributed by atoms with van der Waals surface area (Å²) >= 11 is 3.45. The summed E-state index contributed by atoms with van der Waals surface area (Å²) in [5.41, 5.74) is 9.00. The van der Waals surface area contributed by atoms with Crippen molar-refractivity contribution in [3.63, 3.8) is 0 Å². The highest BCUT2D eigenvalue weighted by atomic mass is 79.9. The fraction of sp³-hybridized carbons (Fsp3) is 0.100. The van der Waals surface area contributed by atoms with Gasteiger partial charge in [0.25, 0.3) is 6.02 Å². The Morgan fingerprint density at radius 3 is 2.78 bits per heavy atom. The number of aromatic nitrogens is 1. The first-order valence-electron chi connectivity index (χ1n) is 8.25. The van der Waals surface area contributed by atoms with Crippen LogP contribution in [-0.2, 0) is 4.74 Å². The number of ether oxygens (including phenoxy) is 2. The van der Waals surface area contributed by atoms with Crippen molar-refractivity contribution in [2.75, 3.05) is 6.61 Å². The van der Waals surface area contributed by atoms with Crippen molar-refractivity contribution >= 4 is 22.0 Å². The molecule has 0 saturated carbocycles. The standard InChI is InChI=1S/C20H16BrN3O3/c21-19-15(25)4-6-17-18(19)14(10-26-20(22)23)13-8-11(3-5-16(13)27-17)12-2-1-7-24-9-12/h1-9,14,25H,10H2,(H3,22,23)/t14-/m1/s1. The molecule has 1 aliphatic heterocycles. The molecular weight excluding hydrogens is 410 g/mol. The first-order chi connectivity index (χ1) is 13.0. The van der Waals surface area contributed by atoms with Gasteiger partial charge in [0.1, 0.15) is 23.9 Å². The number of benzene rings is 2. The van der Waals surface area contributed by atoms with Gasteiger partial charge in [-0.15, -0.1) is 0 Å². The largest absolute Gasteiger partial charge is 0.507 e. The highest BCUT2D eigenvalue weighted by molar-refractivity contribution is 9.10. The van der Waals surface area contributed by atoms with E-state index in [0.717, 1.165) is 22.3 Å². The summed E-state index contributed by atoms with van der Waals surface area (Å²) in [5.74, 6) is 1.16. The van der Waals surface area contributed by atoms with Gasteiger partial charge in [-0.25, -0.2) is 0 Å². The molecule has 0 unspecified atom stereocenters. The second-order valence-electron chi connectivity index (χ2n) is 6.13. The normalized spacial score (nSPS) is 14.6. The van der Waals surface area contributed by atoms with E-state index in [1.54, 1.807) is 24.5 Å². The van der Waals surface area contributed by atoms with Crippen LogP contribution in [0.25, 0.3) is 11.1 Å². The Hall–Kier alpha value is -3.06. The minimum absolute atomic E-state index is 0.108. The molecule has 6 nitrogen and oxygen atoms in total. The molecule has 0 fully saturated rings. The van der Waals surface area contributed by atoms with Gasteiger partial charge in [-0.3, -0.25) is 10.4 Å². The molecule has 7 heteroatoms. The molecule has 0 saturated heterocycles. The first-order valence-corrected chi connectivity index (χ1v) is 9.04. The average Bonchev–Trinajstić information content (AvgIpc) is 2.68. The fourth-order valence-corrected chi connectivity index (χ4v) is 3.83. The quantitative estimate of drug-likeness (QED) is 0.427. The zero-order chi connectivity index (χ0) is 19.0. The minimum Gasteiger partial charge on any atom is -0.507 e. The molecule has 2 aromatic carbocycles. The number of fused-ring (bicyclic) bond motifs is 2. The lowest BCUT2D eigenvalue weighted by molar-refractivity contribution is 0.273. The molecule has 1 aliphatic rings. The van der Waals surface area contributed by atoms with E-state index < -0.39 is 0 Å². The van der Waals surface area contributed by atoms with Crippen LogP contribution in [0.3, 0.4) is 0 Å². The molecule has 1 aromatic heterocycles. The van der Waals surface area contributed by atoms with Crippen molar-refractivity contribution in [2.24, 2.45) is 5.73 Å². The second kappa shape index (κ2) is 6.92. The van der Waals surface area contributed by atoms with Gasteiger partial charge in [0.05, 0.1) is 10.4 Å². The summed E-state index contributed by atoms with van der Waals surface area (Å²) in [7, 11) is 0. The molecule has 27 heavy (non-hydrogen) atoms. The van der Waals surface area contributed by atoms with Crippen LogP contribution in [0.4, 0.5) is 0 Å². The molecular formula is C20H16BrN3O3. The van der Waals surface area contributed by atoms with Gasteiger partial charge in [0.15, 0.2) is 0 Å². The third kappa shape index (κ3) is 3.21. The Morgan fingerprint density at radius 1 is 1.22 bits per heavy atom. The Balaban J connectivity index is 1.85. The van der Waals surface area contributed by atoms with Gasteiger partial charge in [-0.05, 0) is 51.8 Å². The highest BCUT2D eigenvalue weighted by Crippen LogP contribution is 2.50. The molecule has 0 amide bonds. The van der Waals surface area contributed by atoms with Crippen LogP contribution in [0.5, 0.6) is 17.2 Å². The number of phenolic OH excluding ortho intramolecular Hbond substituents is 1. The molecule has 4 rings (SSSR count). The molecule has 1 atom stereocenters. The summed E-state index contributed by atoms with van der Waals surface area (Å²) < 4.78 is 11.9. The van der Waals surface area contributed by atoms with Crippen LogP contribution in [0.15, 0.2) is 59.3 Å². The summed E-state index contributed by atoms with van der Waals surface area (Å²) in [5, 5.41) is 17.5. The van der Waals surface area contributed by atoms with Gasteiger partial charge in [-0.1, -0.05) is 12.1 Å². The molecule has 0 spiro atoms. The number of hydrogen-bond acceptors (Lipinski definition) is 5. The van der Waals surface area contributed by atoms with E-state index in [2.05, 4.69) is 20.9 Å². The number of pyridine rings is 1. The predicted molar refractivity (Wildman–Crippen MR) is 105 cm³/mol. The maximum Gasteiger partial charge on any atom is 0.279 e. The van der Waals surface area contributed by atoms with Crippen molar-refractivity contribution in [1.29, 1.82) is 5.41 Å². The van der Waals surface area contributed by atoms with Crippen molar-refractivity contribution in [3.8, 4) is 28.4 Å². The number of amidine groups is 1. The predicted octanol–water partition coefficient (Wildman–Crippen LogP) is 4.36. The molecule has 2 heterocycles. The fourth-order valence-electron chi connectivity index (χ4n) is 3.22. The number of phenols is 1. The third-order valence-electron chi connectivity index (χ3n) is 4.47. The molecule has 4 N–H and O–H groups in total. The summed E-state index contributed by atoms with van der Waals surface area (Å²) in [4.78, 5) is 4.17. The first kappa shape index (κ1) is 17.4. The van der Waals surface area contributed by atoms with E-state index in [0.29, 0.717) is 16.0 Å². The lowest BCUT2D eigenvalue weighted by atomic mass is 9.86. The third-order valence-corrected chi connectivity index (χ3v) is 5.31. The maximum absolute atomic E-state index is 10.1. The van der Waals surface area contributed by atoms with Crippen LogP contribution in [-0.4, -0.2) is 22.7 Å². The molecule has 136 valence electrons. The summed E-state index contributed by atoms with van der Waals surface area (Å²) in [6.07, 6.45) is 3.52. The minimum atomic E-state index is -0.357. The van der Waals surface area contributed by atoms with Gasteiger partial charge >= 0.3 is 0 Å². The lowest BCUT2D eigenvalue weighted by Gasteiger charge is -2.29. The molecule has 3 aromatic rings. The van der Waals surface area contributed by atoms with E-state index in [1.165, 1.54) is 0 Å². The molecule has 0 aliphatic carbocycles. The van der Waals surface area contributed by atoms with Crippen LogP contribution in [0, 0.1) is 5.41 Å². The SMILES string of the molecule is N=C(N)OC[C@@H]1c2cc(-c3cccnc3)ccc2Oc2ccc(O)c(Br)c21. The van der Waals surface area contributed by atoms with Gasteiger partial charge < -0.3 is 20.3 Å². The lowest BCUT2D eigenvalue weighted by Crippen LogP contribution is -2.22. The monoisotopic (exact) mass is 425 g/mol. The second-order valence-corrected chi connectivity index (χ2v) is 6.93. The van der Waals surface area contributed by atoms with Gasteiger partial charge in [-0.2, -0.15) is 0 Å². The van der Waals surface area contributed by atoms with Crippen molar-refractivity contribution in [2.45, 2.75) is 5.92 Å². The zero-order valence-corrected chi connectivity index (χ0v) is 15.7. The number of nitrogens with zero attached hydrogens (tertiary/aromatic N) is 1. The van der Waals surface area contributed by atoms with E-state index in [1.807, 2.05) is 30.3 Å². The van der Waals surface area contributed by atoms with Crippen LogP contribution < -0.4 is 10.5 Å². The Kier molecular flexibility index (Phi) is 4.45. The maximum atomic E-state index is 10.1. The van der Waals surface area contributed by atoms with Gasteiger partial charge in [0, 0.05) is 29.1 Å². The Morgan fingerprint density at radius 2 is 2.04 bits per heavy atom. The van der Waals surface area contributed by atoms with Gasteiger partial charge in [0.2, 0.25) is 0 Å². The Labute approximate surface area is 164 Å².